The summed E-state index contributed by atoms with van der Waals surface area (Å²) in [5.41, 5.74) is 1.20. The molecule has 0 bridgehead atoms. The summed E-state index contributed by atoms with van der Waals surface area (Å²) in [6.45, 7) is 6.85. The van der Waals surface area contributed by atoms with E-state index in [1.807, 2.05) is 50.2 Å². The first-order valence-corrected chi connectivity index (χ1v) is 14.7. The van der Waals surface area contributed by atoms with Crippen LogP contribution >= 0.6 is 11.9 Å². The van der Waals surface area contributed by atoms with E-state index in [4.69, 9.17) is 14.2 Å². The van der Waals surface area contributed by atoms with Crippen molar-refractivity contribution >= 4 is 23.8 Å². The van der Waals surface area contributed by atoms with Crippen LogP contribution in [0.4, 0.5) is 0 Å². The number of aliphatic hydroxyl groups excluding tert-OH is 1. The van der Waals surface area contributed by atoms with Crippen LogP contribution in [0.3, 0.4) is 0 Å². The minimum absolute atomic E-state index is 0.0918. The van der Waals surface area contributed by atoms with Gasteiger partial charge in [0, 0.05) is 42.1 Å². The predicted octanol–water partition coefficient (Wildman–Crippen LogP) is 3.81. The summed E-state index contributed by atoms with van der Waals surface area (Å²) in [4.78, 5) is 26.6. The number of ether oxygens (including phenoxy) is 3. The molecule has 218 valence electrons. The summed E-state index contributed by atoms with van der Waals surface area (Å²) in [5, 5.41) is 15.9. The predicted molar refractivity (Wildman–Crippen MR) is 154 cm³/mol. The van der Waals surface area contributed by atoms with Gasteiger partial charge in [-0.3, -0.25) is 9.59 Å². The van der Waals surface area contributed by atoms with Gasteiger partial charge >= 0.3 is 0 Å². The van der Waals surface area contributed by atoms with Crippen LogP contribution in [-0.4, -0.2) is 66.8 Å². The zero-order chi connectivity index (χ0) is 28.5. The zero-order valence-electron chi connectivity index (χ0n) is 23.6. The van der Waals surface area contributed by atoms with Gasteiger partial charge in [0.2, 0.25) is 11.8 Å². The summed E-state index contributed by atoms with van der Waals surface area (Å²) in [6, 6.07) is 15.4. The fourth-order valence-corrected chi connectivity index (χ4v) is 5.70. The third-order valence-electron chi connectivity index (χ3n) is 7.16. The molecule has 2 saturated heterocycles. The van der Waals surface area contributed by atoms with E-state index in [2.05, 4.69) is 27.1 Å². The Kier molecular flexibility index (Phi) is 10.9. The van der Waals surface area contributed by atoms with Crippen molar-refractivity contribution in [3.8, 4) is 5.75 Å². The quantitative estimate of drug-likeness (QED) is 0.350. The van der Waals surface area contributed by atoms with Crippen LogP contribution < -0.4 is 15.4 Å². The van der Waals surface area contributed by atoms with Gasteiger partial charge in [0.05, 0.1) is 13.7 Å². The van der Waals surface area contributed by atoms with Gasteiger partial charge in [-0.05, 0) is 61.0 Å². The number of methoxy groups -OCH3 is 1. The number of rotatable bonds is 11. The van der Waals surface area contributed by atoms with E-state index in [1.54, 1.807) is 19.1 Å². The lowest BCUT2D eigenvalue weighted by molar-refractivity contribution is -0.258. The normalized spacial score (nSPS) is 21.8. The van der Waals surface area contributed by atoms with E-state index in [9.17, 15) is 14.7 Å². The average molecular weight is 572 g/mol. The summed E-state index contributed by atoms with van der Waals surface area (Å²) < 4.78 is 19.5. The van der Waals surface area contributed by atoms with Crippen molar-refractivity contribution in [2.75, 3.05) is 33.4 Å². The lowest BCUT2D eigenvalue weighted by Gasteiger charge is -2.41. The number of nitrogens with zero attached hydrogens (tertiary/aromatic N) is 1. The number of carbonyl (C=O) groups is 2. The number of hydrogen-bond acceptors (Lipinski definition) is 8. The van der Waals surface area contributed by atoms with Crippen LogP contribution in [0.25, 0.3) is 0 Å². The molecule has 2 amide bonds. The topological polar surface area (TPSA) is 109 Å². The number of benzene rings is 2. The largest absolute Gasteiger partial charge is 0.497 e. The Morgan fingerprint density at radius 1 is 1.07 bits per heavy atom. The van der Waals surface area contributed by atoms with Crippen molar-refractivity contribution in [3.63, 3.8) is 0 Å². The summed E-state index contributed by atoms with van der Waals surface area (Å²) in [6.07, 6.45) is 1.23. The molecule has 2 aromatic carbocycles. The summed E-state index contributed by atoms with van der Waals surface area (Å²) >= 11 is 1.78. The third-order valence-corrected chi connectivity index (χ3v) is 8.27. The minimum Gasteiger partial charge on any atom is -0.497 e. The molecule has 4 rings (SSSR count). The molecule has 3 N–H and O–H groups in total. The maximum Gasteiger partial charge on any atom is 0.249 e. The van der Waals surface area contributed by atoms with E-state index in [-0.39, 0.29) is 18.9 Å². The number of amides is 2. The summed E-state index contributed by atoms with van der Waals surface area (Å²) in [7, 11) is 1.60. The van der Waals surface area contributed by atoms with Crippen molar-refractivity contribution in [1.82, 2.24) is 14.9 Å². The van der Waals surface area contributed by atoms with E-state index in [0.29, 0.717) is 13.2 Å². The van der Waals surface area contributed by atoms with Crippen molar-refractivity contribution in [2.45, 2.75) is 69.5 Å². The highest BCUT2D eigenvalue weighted by Crippen LogP contribution is 2.37. The zero-order valence-corrected chi connectivity index (χ0v) is 24.4. The molecule has 2 heterocycles. The van der Waals surface area contributed by atoms with Gasteiger partial charge in [0.15, 0.2) is 6.29 Å². The van der Waals surface area contributed by atoms with Gasteiger partial charge in [-0.25, -0.2) is 4.31 Å². The molecule has 0 saturated carbocycles. The lowest BCUT2D eigenvalue weighted by Crippen LogP contribution is -2.52. The highest BCUT2D eigenvalue weighted by atomic mass is 32.2. The Hall–Kier alpha value is -2.63. The average Bonchev–Trinajstić information content (AvgIpc) is 2.97. The fraction of sp³-hybridized carbons (Fsp3) is 0.533. The molecule has 3 atom stereocenters. The third kappa shape index (κ3) is 8.44. The number of piperidine rings is 1. The van der Waals surface area contributed by atoms with E-state index >= 15 is 0 Å². The molecular formula is C30H41N3O6S. The smallest absolute Gasteiger partial charge is 0.249 e. The highest BCUT2D eigenvalue weighted by Gasteiger charge is 2.43. The Morgan fingerprint density at radius 2 is 1.77 bits per heavy atom. The molecular weight excluding hydrogens is 530 g/mol. The van der Waals surface area contributed by atoms with Gasteiger partial charge in [-0.2, -0.15) is 0 Å². The van der Waals surface area contributed by atoms with E-state index in [1.165, 1.54) is 24.2 Å². The minimum atomic E-state index is -1.23. The van der Waals surface area contributed by atoms with E-state index < -0.39 is 29.8 Å². The molecule has 2 aromatic rings. The second kappa shape index (κ2) is 14.3. The Balaban J connectivity index is 1.19. The number of hydrogen-bond donors (Lipinski definition) is 3. The maximum absolute atomic E-state index is 13.0. The van der Waals surface area contributed by atoms with Crippen LogP contribution in [0, 0.1) is 5.41 Å². The van der Waals surface area contributed by atoms with Crippen molar-refractivity contribution < 1.29 is 28.9 Å². The van der Waals surface area contributed by atoms with Gasteiger partial charge in [-0.1, -0.05) is 44.5 Å². The van der Waals surface area contributed by atoms with Crippen LogP contribution in [-0.2, 0) is 25.6 Å². The van der Waals surface area contributed by atoms with Crippen LogP contribution in [0.1, 0.15) is 56.9 Å². The lowest BCUT2D eigenvalue weighted by atomic mass is 9.85. The molecule has 2 aliphatic heterocycles. The van der Waals surface area contributed by atoms with Gasteiger partial charge in [0.25, 0.3) is 0 Å². The van der Waals surface area contributed by atoms with Gasteiger partial charge in [-0.15, -0.1) is 0 Å². The standard InChI is InChI=1S/C30H41N3O6S/c1-30(2)20-38-29(22-9-11-23(37-3)12-10-22)39-26(30)28(36)31-16-15-25(34)27(35)32-19-21-7-13-24(14-8-21)40-33-17-5-4-6-18-33/h7-14,25-26,29,34H,4-6,15-20H2,1-3H3,(H,31,36)(H,32,35). The first-order chi connectivity index (χ1) is 19.2. The number of nitrogens with one attached hydrogen (secondary N) is 2. The second-order valence-corrected chi connectivity index (χ2v) is 12.1. The second-order valence-electron chi connectivity index (χ2n) is 11.0. The molecule has 3 unspecified atom stereocenters. The Bertz CT molecular complexity index is 1110. The first-order valence-electron chi connectivity index (χ1n) is 13.9. The Morgan fingerprint density at radius 3 is 2.45 bits per heavy atom. The molecule has 40 heavy (non-hydrogen) atoms. The molecule has 0 radical (unpaired) electrons. The number of aliphatic hydroxyl groups is 1. The molecule has 9 nitrogen and oxygen atoms in total. The highest BCUT2D eigenvalue weighted by molar-refractivity contribution is 7.97. The molecule has 0 spiro atoms. The fourth-order valence-electron chi connectivity index (χ4n) is 4.70. The molecule has 10 heteroatoms. The molecule has 2 aliphatic rings. The van der Waals surface area contributed by atoms with Crippen molar-refractivity contribution in [1.29, 1.82) is 0 Å². The van der Waals surface area contributed by atoms with E-state index in [0.717, 1.165) is 30.0 Å². The van der Waals surface area contributed by atoms with Gasteiger partial charge < -0.3 is 30.0 Å². The first kappa shape index (κ1) is 30.3. The number of carbonyl (C=O) groups excluding carboxylic acids is 2. The maximum atomic E-state index is 13.0. The molecule has 0 aliphatic carbocycles. The van der Waals surface area contributed by atoms with Crippen LogP contribution in [0.15, 0.2) is 53.4 Å². The monoisotopic (exact) mass is 571 g/mol. The van der Waals surface area contributed by atoms with Crippen molar-refractivity contribution in [2.24, 2.45) is 5.41 Å². The van der Waals surface area contributed by atoms with Crippen LogP contribution in [0.5, 0.6) is 5.75 Å². The van der Waals surface area contributed by atoms with Crippen molar-refractivity contribution in [3.05, 3.63) is 59.7 Å². The molecule has 2 fully saturated rings. The Labute approximate surface area is 241 Å². The summed E-state index contributed by atoms with van der Waals surface area (Å²) in [5.74, 6) is -0.0535. The molecule has 0 aromatic heterocycles. The van der Waals surface area contributed by atoms with Gasteiger partial charge in [0.1, 0.15) is 18.0 Å². The van der Waals surface area contributed by atoms with Crippen LogP contribution in [0.2, 0.25) is 0 Å². The SMILES string of the molecule is COc1ccc(C2OCC(C)(C)C(C(=O)NCCC(O)C(=O)NCc3ccc(SN4CCCCC4)cc3)O2)cc1.